The van der Waals surface area contributed by atoms with Crippen molar-refractivity contribution in [3.8, 4) is 0 Å². The van der Waals surface area contributed by atoms with Crippen LogP contribution in [0.4, 0.5) is 5.69 Å². The maximum absolute atomic E-state index is 12.2. The molecule has 0 bridgehead atoms. The summed E-state index contributed by atoms with van der Waals surface area (Å²) < 4.78 is 30.6. The fourth-order valence-electron chi connectivity index (χ4n) is 2.02. The highest BCUT2D eigenvalue weighted by atomic mass is 35.5. The van der Waals surface area contributed by atoms with E-state index in [1.807, 2.05) is 0 Å². The van der Waals surface area contributed by atoms with Crippen LogP contribution in [0.5, 0.6) is 0 Å². The Morgan fingerprint density at radius 2 is 1.57 bits per heavy atom. The van der Waals surface area contributed by atoms with Crippen molar-refractivity contribution in [1.29, 1.82) is 0 Å². The van der Waals surface area contributed by atoms with Crippen molar-refractivity contribution >= 4 is 62.4 Å². The molecule has 0 aliphatic carbocycles. The first-order valence-corrected chi connectivity index (χ1v) is 10.4. The molecule has 0 aliphatic rings. The number of benzene rings is 2. The highest BCUT2D eigenvalue weighted by molar-refractivity contribution is 7.89. The van der Waals surface area contributed by atoms with Crippen LogP contribution < -0.4 is 10.0 Å². The smallest absolute Gasteiger partial charge is 0.338 e. The van der Waals surface area contributed by atoms with Gasteiger partial charge in [0.2, 0.25) is 10.0 Å². The molecule has 0 aliphatic heterocycles. The molecule has 2 N–H and O–H groups in total. The van der Waals surface area contributed by atoms with E-state index in [4.69, 9.17) is 39.5 Å². The van der Waals surface area contributed by atoms with Crippen molar-refractivity contribution in [2.45, 2.75) is 17.9 Å². The zero-order chi connectivity index (χ0) is 21.1. The molecule has 0 fully saturated rings. The standard InChI is InChI=1S/C17H15Cl3N2O5S/c1-9(16(23)22-15-8-13(19)12(18)7-14(15)20)27-17(24)10-3-5-11(6-4-10)28(25,26)21-2/h3-9,21H,1-2H3,(H,22,23). The third kappa shape index (κ3) is 5.36. The van der Waals surface area contributed by atoms with Gasteiger partial charge in [0.15, 0.2) is 6.10 Å². The number of esters is 1. The van der Waals surface area contributed by atoms with E-state index in [9.17, 15) is 18.0 Å². The van der Waals surface area contributed by atoms with Crippen LogP contribution in [-0.2, 0) is 19.6 Å². The van der Waals surface area contributed by atoms with Gasteiger partial charge in [-0.05, 0) is 50.4 Å². The first-order valence-electron chi connectivity index (χ1n) is 7.75. The molecule has 1 amide bonds. The van der Waals surface area contributed by atoms with Gasteiger partial charge in [-0.3, -0.25) is 4.79 Å². The molecule has 2 aromatic rings. The van der Waals surface area contributed by atoms with Gasteiger partial charge in [0.25, 0.3) is 5.91 Å². The number of halogens is 3. The maximum Gasteiger partial charge on any atom is 0.338 e. The van der Waals surface area contributed by atoms with Gasteiger partial charge in [0, 0.05) is 0 Å². The summed E-state index contributed by atoms with van der Waals surface area (Å²) in [6.07, 6.45) is -1.15. The van der Waals surface area contributed by atoms with Gasteiger partial charge >= 0.3 is 5.97 Å². The Morgan fingerprint density at radius 3 is 2.14 bits per heavy atom. The first-order chi connectivity index (χ1) is 13.0. The van der Waals surface area contributed by atoms with Gasteiger partial charge in [-0.15, -0.1) is 0 Å². The van der Waals surface area contributed by atoms with Crippen LogP contribution in [-0.4, -0.2) is 33.4 Å². The molecule has 0 heterocycles. The molecule has 0 aromatic heterocycles. The summed E-state index contributed by atoms with van der Waals surface area (Å²) in [7, 11) is -2.35. The van der Waals surface area contributed by atoms with E-state index in [-0.39, 0.29) is 31.2 Å². The molecule has 150 valence electrons. The van der Waals surface area contributed by atoms with Gasteiger partial charge in [-0.2, -0.15) is 0 Å². The molecular formula is C17H15Cl3N2O5S. The van der Waals surface area contributed by atoms with E-state index in [0.29, 0.717) is 0 Å². The molecule has 28 heavy (non-hydrogen) atoms. The predicted molar refractivity (Wildman–Crippen MR) is 108 cm³/mol. The second-order valence-corrected chi connectivity index (χ2v) is 8.62. The normalized spacial score (nSPS) is 12.3. The molecule has 0 saturated carbocycles. The number of carbonyl (C=O) groups excluding carboxylic acids is 2. The second-order valence-electron chi connectivity index (χ2n) is 5.51. The van der Waals surface area contributed by atoms with Crippen LogP contribution in [0.1, 0.15) is 17.3 Å². The monoisotopic (exact) mass is 464 g/mol. The minimum absolute atomic E-state index is 0.00778. The molecule has 1 atom stereocenters. The summed E-state index contributed by atoms with van der Waals surface area (Å²) in [6.45, 7) is 1.37. The largest absolute Gasteiger partial charge is 0.449 e. The topological polar surface area (TPSA) is 102 Å². The van der Waals surface area contributed by atoms with E-state index in [1.165, 1.54) is 50.4 Å². The molecule has 0 spiro atoms. The van der Waals surface area contributed by atoms with Crippen LogP contribution in [0.2, 0.25) is 15.1 Å². The van der Waals surface area contributed by atoms with Crippen molar-refractivity contribution in [1.82, 2.24) is 4.72 Å². The quantitative estimate of drug-likeness (QED) is 0.500. The number of hydrogen-bond acceptors (Lipinski definition) is 5. The first kappa shape index (κ1) is 22.4. The van der Waals surface area contributed by atoms with Gasteiger partial charge in [0.05, 0.1) is 31.2 Å². The van der Waals surface area contributed by atoms with Crippen LogP contribution in [0, 0.1) is 0 Å². The molecule has 2 rings (SSSR count). The van der Waals surface area contributed by atoms with Crippen LogP contribution in [0.3, 0.4) is 0 Å². The Labute approximate surface area is 177 Å². The van der Waals surface area contributed by atoms with Crippen LogP contribution >= 0.6 is 34.8 Å². The fourth-order valence-corrected chi connectivity index (χ4v) is 3.35. The molecule has 11 heteroatoms. The lowest BCUT2D eigenvalue weighted by atomic mass is 10.2. The van der Waals surface area contributed by atoms with Crippen molar-refractivity contribution in [3.05, 3.63) is 57.0 Å². The number of nitrogens with one attached hydrogen (secondary N) is 2. The minimum Gasteiger partial charge on any atom is -0.449 e. The molecular weight excluding hydrogens is 451 g/mol. The zero-order valence-electron chi connectivity index (χ0n) is 14.6. The number of carbonyl (C=O) groups is 2. The Kier molecular flexibility index (Phi) is 7.30. The van der Waals surface area contributed by atoms with E-state index < -0.39 is 28.0 Å². The lowest BCUT2D eigenvalue weighted by molar-refractivity contribution is -0.123. The summed E-state index contributed by atoms with van der Waals surface area (Å²) in [5.41, 5.74) is 0.299. The van der Waals surface area contributed by atoms with Crippen molar-refractivity contribution < 1.29 is 22.7 Å². The van der Waals surface area contributed by atoms with Gasteiger partial charge in [-0.1, -0.05) is 34.8 Å². The fraction of sp³-hybridized carbons (Fsp3) is 0.176. The Hall–Kier alpha value is -1.84. The zero-order valence-corrected chi connectivity index (χ0v) is 17.7. The van der Waals surface area contributed by atoms with E-state index >= 15 is 0 Å². The summed E-state index contributed by atoms with van der Waals surface area (Å²) in [5, 5.41) is 3.09. The molecule has 0 radical (unpaired) electrons. The number of amides is 1. The van der Waals surface area contributed by atoms with Crippen molar-refractivity contribution in [3.63, 3.8) is 0 Å². The van der Waals surface area contributed by atoms with Gasteiger partial charge < -0.3 is 10.1 Å². The number of rotatable bonds is 6. The number of hydrogen-bond donors (Lipinski definition) is 2. The van der Waals surface area contributed by atoms with Crippen molar-refractivity contribution in [2.75, 3.05) is 12.4 Å². The van der Waals surface area contributed by atoms with Crippen molar-refractivity contribution in [2.24, 2.45) is 0 Å². The molecule has 2 aromatic carbocycles. The van der Waals surface area contributed by atoms with E-state index in [0.717, 1.165) is 0 Å². The highest BCUT2D eigenvalue weighted by Gasteiger charge is 2.21. The molecule has 7 nitrogen and oxygen atoms in total. The summed E-state index contributed by atoms with van der Waals surface area (Å²) >= 11 is 17.7. The van der Waals surface area contributed by atoms with Gasteiger partial charge in [-0.25, -0.2) is 17.9 Å². The van der Waals surface area contributed by atoms with Gasteiger partial charge in [0.1, 0.15) is 0 Å². The molecule has 0 saturated heterocycles. The summed E-state index contributed by atoms with van der Waals surface area (Å²) in [5.74, 6) is -1.43. The van der Waals surface area contributed by atoms with E-state index in [2.05, 4.69) is 10.0 Å². The Morgan fingerprint density at radius 1 is 1.00 bits per heavy atom. The second kappa shape index (κ2) is 9.11. The summed E-state index contributed by atoms with van der Waals surface area (Å²) in [6, 6.07) is 7.82. The maximum atomic E-state index is 12.2. The average Bonchev–Trinajstić information content (AvgIpc) is 2.66. The third-order valence-corrected chi connectivity index (χ3v) is 6.06. The minimum atomic E-state index is -3.62. The highest BCUT2D eigenvalue weighted by Crippen LogP contribution is 2.32. The summed E-state index contributed by atoms with van der Waals surface area (Å²) in [4.78, 5) is 24.4. The number of anilines is 1. The molecule has 1 unspecified atom stereocenters. The number of sulfonamides is 1. The Balaban J connectivity index is 2.05. The lowest BCUT2D eigenvalue weighted by Crippen LogP contribution is -2.30. The predicted octanol–water partition coefficient (Wildman–Crippen LogP) is 3.74. The van der Waals surface area contributed by atoms with Crippen LogP contribution in [0.25, 0.3) is 0 Å². The third-order valence-electron chi connectivity index (χ3n) is 3.59. The lowest BCUT2D eigenvalue weighted by Gasteiger charge is -2.15. The number of ether oxygens (including phenoxy) is 1. The average molecular weight is 466 g/mol. The van der Waals surface area contributed by atoms with Crippen LogP contribution in [0.15, 0.2) is 41.3 Å². The SMILES string of the molecule is CNS(=O)(=O)c1ccc(C(=O)OC(C)C(=O)Nc2cc(Cl)c(Cl)cc2Cl)cc1. The Bertz CT molecular complexity index is 1010. The van der Waals surface area contributed by atoms with E-state index in [1.54, 1.807) is 0 Å².